The van der Waals surface area contributed by atoms with Crippen LogP contribution in [-0.2, 0) is 4.74 Å². The van der Waals surface area contributed by atoms with Gasteiger partial charge in [0, 0.05) is 18.3 Å². The van der Waals surface area contributed by atoms with Gasteiger partial charge in [-0.3, -0.25) is 0 Å². The van der Waals surface area contributed by atoms with E-state index in [0.717, 1.165) is 32.1 Å². The molecule has 1 aliphatic heterocycles. The van der Waals surface area contributed by atoms with Crippen molar-refractivity contribution in [2.75, 3.05) is 0 Å². The molecule has 13 atom stereocenters. The molecule has 0 bridgehead atoms. The van der Waals surface area contributed by atoms with Gasteiger partial charge in [0.25, 0.3) is 0 Å². The molecular weight excluding hydrogens is 432 g/mol. The SMILES string of the molecule is C[C@@H]([C@H]1CC[C@H]2[C@@H]3CC=C4C[C@@H](O)C[C@H](O)[C@]4(C)[C@H]3CC[C@]12C)[C@H]1C[C@@](C)(O)[C@](C)(O)[C@H](O)O1. The minimum atomic E-state index is -1.70. The van der Waals surface area contributed by atoms with Crippen LogP contribution in [0.25, 0.3) is 0 Å². The van der Waals surface area contributed by atoms with Crippen molar-refractivity contribution in [2.45, 2.75) is 122 Å². The zero-order chi connectivity index (χ0) is 24.8. The summed E-state index contributed by atoms with van der Waals surface area (Å²) in [5.74, 6) is 2.14. The molecule has 0 aromatic carbocycles. The fraction of sp³-hybridized carbons (Fsp3) is 0.929. The molecule has 0 radical (unpaired) electrons. The van der Waals surface area contributed by atoms with E-state index in [4.69, 9.17) is 4.74 Å². The number of hydrogen-bond donors (Lipinski definition) is 5. The molecular formula is C28H46O6. The van der Waals surface area contributed by atoms with Gasteiger partial charge in [0.1, 0.15) is 5.60 Å². The zero-order valence-corrected chi connectivity index (χ0v) is 21.6. The first-order valence-electron chi connectivity index (χ1n) is 13.6. The highest BCUT2D eigenvalue weighted by atomic mass is 16.6. The molecule has 6 heteroatoms. The number of ether oxygens (including phenoxy) is 1. The zero-order valence-electron chi connectivity index (χ0n) is 21.6. The molecule has 6 nitrogen and oxygen atoms in total. The Kier molecular flexibility index (Phi) is 5.92. The molecule has 1 heterocycles. The number of aliphatic hydroxyl groups excluding tert-OH is 3. The summed E-state index contributed by atoms with van der Waals surface area (Å²) in [7, 11) is 0. The Hall–Kier alpha value is -0.500. The largest absolute Gasteiger partial charge is 0.393 e. The molecule has 4 aliphatic carbocycles. The maximum atomic E-state index is 11.1. The van der Waals surface area contributed by atoms with E-state index in [2.05, 4.69) is 26.8 Å². The lowest BCUT2D eigenvalue weighted by atomic mass is 9.46. The molecule has 0 spiro atoms. The average molecular weight is 479 g/mol. The van der Waals surface area contributed by atoms with Crippen molar-refractivity contribution in [3.63, 3.8) is 0 Å². The predicted octanol–water partition coefficient (Wildman–Crippen LogP) is 3.14. The van der Waals surface area contributed by atoms with E-state index in [1.54, 1.807) is 6.92 Å². The second kappa shape index (κ2) is 8.00. The Balaban J connectivity index is 1.38. The summed E-state index contributed by atoms with van der Waals surface area (Å²) in [5.41, 5.74) is -1.92. The van der Waals surface area contributed by atoms with Gasteiger partial charge in [-0.05, 0) is 87.4 Å². The monoisotopic (exact) mass is 478 g/mol. The normalized spacial score (nSPS) is 58.4. The first-order valence-corrected chi connectivity index (χ1v) is 13.6. The van der Waals surface area contributed by atoms with Crippen molar-refractivity contribution >= 4 is 0 Å². The van der Waals surface area contributed by atoms with E-state index < -0.39 is 29.7 Å². The van der Waals surface area contributed by atoms with E-state index >= 15 is 0 Å². The number of rotatable bonds is 2. The van der Waals surface area contributed by atoms with Gasteiger partial charge in [-0.1, -0.05) is 32.4 Å². The Morgan fingerprint density at radius 2 is 1.71 bits per heavy atom. The van der Waals surface area contributed by atoms with Crippen LogP contribution in [0.4, 0.5) is 0 Å². The van der Waals surface area contributed by atoms with Crippen molar-refractivity contribution in [1.82, 2.24) is 0 Å². The van der Waals surface area contributed by atoms with Gasteiger partial charge in [0.2, 0.25) is 0 Å². The van der Waals surface area contributed by atoms with Gasteiger partial charge >= 0.3 is 0 Å². The standard InChI is InChI=1S/C28H46O6/c1-15(22-14-26(3,32)28(5,33)24(31)34-22)19-8-9-20-18-7-6-16-12-17(29)13-23(30)27(16,4)21(18)10-11-25(19,20)2/h6,15,17-24,29-33H,7-14H2,1-5H3/t15-,17+,18-,19+,20-,21-,22+,23-,24+,25+,26+,27-,28+/m0/s1. The topological polar surface area (TPSA) is 110 Å². The summed E-state index contributed by atoms with van der Waals surface area (Å²) >= 11 is 0. The van der Waals surface area contributed by atoms with Crippen LogP contribution in [0.1, 0.15) is 86.0 Å². The third kappa shape index (κ3) is 3.35. The number of hydrogen-bond acceptors (Lipinski definition) is 6. The highest BCUT2D eigenvalue weighted by Crippen LogP contribution is 2.67. The van der Waals surface area contributed by atoms with E-state index in [1.807, 2.05) is 0 Å². The molecule has 5 rings (SSSR count). The maximum Gasteiger partial charge on any atom is 0.186 e. The molecule has 194 valence electrons. The fourth-order valence-electron chi connectivity index (χ4n) is 9.38. The quantitative estimate of drug-likeness (QED) is 0.390. The summed E-state index contributed by atoms with van der Waals surface area (Å²) in [4.78, 5) is 0. The third-order valence-electron chi connectivity index (χ3n) is 11.9. The molecule has 4 fully saturated rings. The van der Waals surface area contributed by atoms with Crippen LogP contribution in [0.15, 0.2) is 11.6 Å². The lowest BCUT2D eigenvalue weighted by Crippen LogP contribution is -2.65. The third-order valence-corrected chi connectivity index (χ3v) is 11.9. The van der Waals surface area contributed by atoms with E-state index in [0.29, 0.717) is 42.9 Å². The average Bonchev–Trinajstić information content (AvgIpc) is 3.09. The first kappa shape index (κ1) is 25.2. The van der Waals surface area contributed by atoms with Gasteiger partial charge in [-0.2, -0.15) is 0 Å². The van der Waals surface area contributed by atoms with E-state index in [-0.39, 0.29) is 22.9 Å². The highest BCUT2D eigenvalue weighted by Gasteiger charge is 2.62. The van der Waals surface area contributed by atoms with Crippen LogP contribution in [0.5, 0.6) is 0 Å². The van der Waals surface area contributed by atoms with Crippen LogP contribution in [0, 0.1) is 40.4 Å². The molecule has 5 N–H and O–H groups in total. The molecule has 0 aromatic rings. The first-order chi connectivity index (χ1) is 15.7. The molecule has 0 amide bonds. The van der Waals surface area contributed by atoms with Crippen LogP contribution < -0.4 is 0 Å². The molecule has 0 aromatic heterocycles. The Labute approximate surface area is 204 Å². The Bertz CT molecular complexity index is 837. The molecule has 34 heavy (non-hydrogen) atoms. The van der Waals surface area contributed by atoms with Crippen molar-refractivity contribution in [3.05, 3.63) is 11.6 Å². The number of aliphatic hydroxyl groups is 5. The summed E-state index contributed by atoms with van der Waals surface area (Å²) in [6.07, 6.45) is 6.69. The molecule has 5 aliphatic rings. The fourth-order valence-corrected chi connectivity index (χ4v) is 9.38. The van der Waals surface area contributed by atoms with Crippen LogP contribution in [0.3, 0.4) is 0 Å². The molecule has 1 saturated heterocycles. The predicted molar refractivity (Wildman–Crippen MR) is 128 cm³/mol. The number of allylic oxidation sites excluding steroid dienone is 1. The second-order valence-electron chi connectivity index (χ2n) is 13.5. The van der Waals surface area contributed by atoms with Gasteiger partial charge in [-0.25, -0.2) is 0 Å². The summed E-state index contributed by atoms with van der Waals surface area (Å²) in [5, 5.41) is 53.4. The van der Waals surface area contributed by atoms with E-state index in [9.17, 15) is 25.5 Å². The van der Waals surface area contributed by atoms with Gasteiger partial charge < -0.3 is 30.3 Å². The maximum absolute atomic E-state index is 11.1. The van der Waals surface area contributed by atoms with Crippen molar-refractivity contribution in [2.24, 2.45) is 40.4 Å². The summed E-state index contributed by atoms with van der Waals surface area (Å²) < 4.78 is 5.93. The minimum Gasteiger partial charge on any atom is -0.393 e. The Morgan fingerprint density at radius 3 is 2.38 bits per heavy atom. The van der Waals surface area contributed by atoms with E-state index in [1.165, 1.54) is 12.5 Å². The van der Waals surface area contributed by atoms with Crippen LogP contribution in [0.2, 0.25) is 0 Å². The smallest absolute Gasteiger partial charge is 0.186 e. The van der Waals surface area contributed by atoms with Gasteiger partial charge in [-0.15, -0.1) is 0 Å². The summed E-state index contributed by atoms with van der Waals surface area (Å²) in [6, 6.07) is 0. The highest BCUT2D eigenvalue weighted by molar-refractivity contribution is 5.27. The van der Waals surface area contributed by atoms with Gasteiger partial charge in [0.05, 0.1) is 23.9 Å². The number of fused-ring (bicyclic) bond motifs is 5. The lowest BCUT2D eigenvalue weighted by Gasteiger charge is -2.60. The molecule has 0 unspecified atom stereocenters. The van der Waals surface area contributed by atoms with Crippen molar-refractivity contribution < 1.29 is 30.3 Å². The van der Waals surface area contributed by atoms with Crippen molar-refractivity contribution in [1.29, 1.82) is 0 Å². The summed E-state index contributed by atoms with van der Waals surface area (Å²) in [6.45, 7) is 9.93. The Morgan fingerprint density at radius 1 is 1.00 bits per heavy atom. The second-order valence-corrected chi connectivity index (χ2v) is 13.5. The minimum absolute atomic E-state index is 0.154. The van der Waals surface area contributed by atoms with Crippen molar-refractivity contribution in [3.8, 4) is 0 Å². The van der Waals surface area contributed by atoms with Gasteiger partial charge in [0.15, 0.2) is 6.29 Å². The lowest BCUT2D eigenvalue weighted by molar-refractivity contribution is -0.328. The van der Waals surface area contributed by atoms with Crippen LogP contribution in [-0.4, -0.2) is 61.3 Å². The molecule has 3 saturated carbocycles. The van der Waals surface area contributed by atoms with Crippen LogP contribution >= 0.6 is 0 Å².